The second-order valence-electron chi connectivity index (χ2n) is 5.81. The fourth-order valence-electron chi connectivity index (χ4n) is 2.91. The summed E-state index contributed by atoms with van der Waals surface area (Å²) >= 11 is 1.58. The molecule has 3 N–H and O–H groups in total. The van der Waals surface area contributed by atoms with E-state index in [2.05, 4.69) is 10.3 Å². The van der Waals surface area contributed by atoms with Gasteiger partial charge in [-0.1, -0.05) is 6.07 Å². The van der Waals surface area contributed by atoms with E-state index in [-0.39, 0.29) is 17.3 Å². The number of rotatable bonds is 3. The van der Waals surface area contributed by atoms with Crippen LogP contribution in [0.4, 0.5) is 5.69 Å². The van der Waals surface area contributed by atoms with Crippen molar-refractivity contribution in [3.63, 3.8) is 0 Å². The van der Waals surface area contributed by atoms with E-state index in [4.69, 9.17) is 5.73 Å². The molecule has 7 nitrogen and oxygen atoms in total. The molecule has 0 aromatic carbocycles. The van der Waals surface area contributed by atoms with Gasteiger partial charge in [-0.15, -0.1) is 11.3 Å². The first-order valence-electron chi connectivity index (χ1n) is 7.96. The predicted octanol–water partition coefficient (Wildman–Crippen LogP) is 1.93. The van der Waals surface area contributed by atoms with Crippen molar-refractivity contribution in [2.24, 2.45) is 5.73 Å². The maximum absolute atomic E-state index is 12.6. The lowest BCUT2D eigenvalue weighted by atomic mass is 10.0. The first kappa shape index (κ1) is 17.1. The quantitative estimate of drug-likeness (QED) is 0.818. The Balaban J connectivity index is 1.74. The summed E-state index contributed by atoms with van der Waals surface area (Å²) in [6, 6.07) is 5.26. The van der Waals surface area contributed by atoms with Gasteiger partial charge in [-0.2, -0.15) is 0 Å². The molecular formula is C17H18N4O3S. The molecule has 0 radical (unpaired) electrons. The number of amides is 3. The number of carbonyl (C=O) groups is 3. The normalized spacial score (nSPS) is 17.1. The van der Waals surface area contributed by atoms with Gasteiger partial charge in [0.05, 0.1) is 23.5 Å². The Morgan fingerprint density at radius 3 is 2.84 bits per heavy atom. The van der Waals surface area contributed by atoms with E-state index in [0.717, 1.165) is 24.1 Å². The number of nitrogens with two attached hydrogens (primary N) is 1. The number of aromatic nitrogens is 1. The molecule has 1 atom stereocenters. The number of pyridine rings is 1. The zero-order chi connectivity index (χ0) is 17.8. The molecule has 0 spiro atoms. The first-order chi connectivity index (χ1) is 12.1. The Hall–Kier alpha value is -2.74. The van der Waals surface area contributed by atoms with Crippen molar-refractivity contribution in [3.8, 4) is 0 Å². The van der Waals surface area contributed by atoms with Crippen LogP contribution in [0.1, 0.15) is 40.5 Å². The van der Waals surface area contributed by atoms with Gasteiger partial charge in [-0.05, 0) is 36.8 Å². The lowest BCUT2D eigenvalue weighted by Gasteiger charge is -2.34. The summed E-state index contributed by atoms with van der Waals surface area (Å²) in [6.07, 6.45) is 5.41. The maximum Gasteiger partial charge on any atom is 0.313 e. The van der Waals surface area contributed by atoms with E-state index in [1.54, 1.807) is 16.2 Å². The highest BCUT2D eigenvalue weighted by Gasteiger charge is 2.32. The van der Waals surface area contributed by atoms with Gasteiger partial charge in [0.15, 0.2) is 0 Å². The van der Waals surface area contributed by atoms with E-state index >= 15 is 0 Å². The topological polar surface area (TPSA) is 105 Å². The number of likely N-dealkylation sites (tertiary alicyclic amines) is 1. The molecule has 8 heteroatoms. The van der Waals surface area contributed by atoms with Gasteiger partial charge in [0.25, 0.3) is 0 Å². The minimum atomic E-state index is -0.744. The number of piperidine rings is 1. The van der Waals surface area contributed by atoms with E-state index in [1.165, 1.54) is 18.5 Å². The van der Waals surface area contributed by atoms with Crippen LogP contribution in [0, 0.1) is 0 Å². The van der Waals surface area contributed by atoms with Gasteiger partial charge in [0, 0.05) is 17.6 Å². The highest BCUT2D eigenvalue weighted by atomic mass is 32.1. The summed E-state index contributed by atoms with van der Waals surface area (Å²) in [7, 11) is 0. The Labute approximate surface area is 148 Å². The summed E-state index contributed by atoms with van der Waals surface area (Å²) in [5, 5.41) is 4.47. The minimum absolute atomic E-state index is 0.0675. The van der Waals surface area contributed by atoms with Crippen LogP contribution in [-0.2, 0) is 9.59 Å². The number of nitrogens with zero attached hydrogens (tertiary/aromatic N) is 2. The van der Waals surface area contributed by atoms with Crippen molar-refractivity contribution in [1.82, 2.24) is 9.88 Å². The largest absolute Gasteiger partial charge is 0.366 e. The van der Waals surface area contributed by atoms with Crippen molar-refractivity contribution < 1.29 is 14.4 Å². The molecule has 2 aromatic rings. The van der Waals surface area contributed by atoms with Crippen molar-refractivity contribution in [1.29, 1.82) is 0 Å². The summed E-state index contributed by atoms with van der Waals surface area (Å²) in [6.45, 7) is 0.550. The number of hydrogen-bond donors (Lipinski definition) is 2. The van der Waals surface area contributed by atoms with Crippen molar-refractivity contribution in [2.45, 2.75) is 25.3 Å². The predicted molar refractivity (Wildman–Crippen MR) is 94.0 cm³/mol. The van der Waals surface area contributed by atoms with E-state index in [1.807, 2.05) is 17.5 Å². The average molecular weight is 358 g/mol. The molecule has 1 saturated heterocycles. The summed E-state index contributed by atoms with van der Waals surface area (Å²) in [5.74, 6) is -1.97. The van der Waals surface area contributed by atoms with Crippen LogP contribution in [0.15, 0.2) is 36.0 Å². The molecular weight excluding hydrogens is 340 g/mol. The molecule has 1 fully saturated rings. The number of anilines is 1. The Kier molecular flexibility index (Phi) is 5.08. The van der Waals surface area contributed by atoms with Crippen LogP contribution in [-0.4, -0.2) is 34.2 Å². The standard InChI is InChI=1S/C17H18N4O3S/c18-15(22)11-8-12(10-19-9-11)20-16(23)17(24)21-6-2-1-4-13(21)14-5-3-7-25-14/h3,5,7-10,13H,1-2,4,6H2,(H2,18,22)(H,20,23)/t13-/m0/s1. The Morgan fingerprint density at radius 2 is 2.12 bits per heavy atom. The fraction of sp³-hybridized carbons (Fsp3) is 0.294. The summed E-state index contributed by atoms with van der Waals surface area (Å²) in [5.41, 5.74) is 5.63. The van der Waals surface area contributed by atoms with E-state index in [9.17, 15) is 14.4 Å². The third-order valence-corrected chi connectivity index (χ3v) is 5.08. The van der Waals surface area contributed by atoms with Crippen molar-refractivity contribution in [3.05, 3.63) is 46.4 Å². The van der Waals surface area contributed by atoms with Crippen molar-refractivity contribution >= 4 is 34.7 Å². The van der Waals surface area contributed by atoms with E-state index in [0.29, 0.717) is 6.54 Å². The van der Waals surface area contributed by atoms with E-state index < -0.39 is 17.7 Å². The second kappa shape index (κ2) is 7.43. The third-order valence-electron chi connectivity index (χ3n) is 4.11. The van der Waals surface area contributed by atoms with Crippen LogP contribution >= 0.6 is 11.3 Å². The van der Waals surface area contributed by atoms with Crippen molar-refractivity contribution in [2.75, 3.05) is 11.9 Å². The zero-order valence-electron chi connectivity index (χ0n) is 13.5. The van der Waals surface area contributed by atoms with Crippen LogP contribution in [0.25, 0.3) is 0 Å². The van der Waals surface area contributed by atoms with Crippen LogP contribution in [0.3, 0.4) is 0 Å². The molecule has 3 amide bonds. The van der Waals surface area contributed by atoms with Gasteiger partial charge in [0.1, 0.15) is 0 Å². The molecule has 0 unspecified atom stereocenters. The van der Waals surface area contributed by atoms with Crippen LogP contribution in [0.2, 0.25) is 0 Å². The molecule has 1 aliphatic heterocycles. The molecule has 130 valence electrons. The number of thiophene rings is 1. The molecule has 0 aliphatic carbocycles. The fourth-order valence-corrected chi connectivity index (χ4v) is 3.78. The number of hydrogen-bond acceptors (Lipinski definition) is 5. The summed E-state index contributed by atoms with van der Waals surface area (Å²) in [4.78, 5) is 42.7. The Bertz CT molecular complexity index is 791. The van der Waals surface area contributed by atoms with Gasteiger partial charge in [-0.25, -0.2) is 0 Å². The molecule has 0 bridgehead atoms. The third kappa shape index (κ3) is 3.85. The van der Waals surface area contributed by atoms with Crippen LogP contribution < -0.4 is 11.1 Å². The monoisotopic (exact) mass is 358 g/mol. The van der Waals surface area contributed by atoms with Gasteiger partial charge in [0.2, 0.25) is 5.91 Å². The second-order valence-corrected chi connectivity index (χ2v) is 6.79. The van der Waals surface area contributed by atoms with Gasteiger partial charge in [-0.3, -0.25) is 19.4 Å². The minimum Gasteiger partial charge on any atom is -0.366 e. The molecule has 1 aliphatic rings. The first-order valence-corrected chi connectivity index (χ1v) is 8.84. The lowest BCUT2D eigenvalue weighted by molar-refractivity contribution is -0.145. The molecule has 3 heterocycles. The molecule has 2 aromatic heterocycles. The molecule has 25 heavy (non-hydrogen) atoms. The van der Waals surface area contributed by atoms with Crippen LogP contribution in [0.5, 0.6) is 0 Å². The smallest absolute Gasteiger partial charge is 0.313 e. The van der Waals surface area contributed by atoms with Gasteiger partial charge >= 0.3 is 11.8 Å². The molecule has 3 rings (SSSR count). The SMILES string of the molecule is NC(=O)c1cncc(NC(=O)C(=O)N2CCCC[C@H]2c2cccs2)c1. The zero-order valence-corrected chi connectivity index (χ0v) is 14.3. The summed E-state index contributed by atoms with van der Waals surface area (Å²) < 4.78 is 0. The maximum atomic E-state index is 12.6. The number of primary amides is 1. The molecule has 0 saturated carbocycles. The van der Waals surface area contributed by atoms with Gasteiger partial charge < -0.3 is 16.0 Å². The Morgan fingerprint density at radius 1 is 1.28 bits per heavy atom. The highest BCUT2D eigenvalue weighted by Crippen LogP contribution is 2.33. The number of nitrogens with one attached hydrogen (secondary N) is 1. The highest BCUT2D eigenvalue weighted by molar-refractivity contribution is 7.10. The lowest BCUT2D eigenvalue weighted by Crippen LogP contribution is -2.44. The number of carbonyl (C=O) groups excluding carboxylic acids is 3. The average Bonchev–Trinajstić information content (AvgIpc) is 3.15.